The summed E-state index contributed by atoms with van der Waals surface area (Å²) in [7, 11) is 0. The van der Waals surface area contributed by atoms with Crippen molar-refractivity contribution in [2.24, 2.45) is 0 Å². The first kappa shape index (κ1) is 34.8. The number of rotatable bonds is 11. The van der Waals surface area contributed by atoms with Crippen LogP contribution in [0.3, 0.4) is 0 Å². The standard InChI is InChI=1S/C39H35ClF3N7O3/c1-22-29-15-25(16-30(38(42)43)37(29)48-47-22)39(51)44-27-7-8-34-33(18-27)45-35(50(34)19-28-11-14-52-28)20-49-12-9-23(10-13-49)32-3-2-4-36(46-32)53-21-24-5-6-26(40)17-31(24)41/h2-9,15-18,28,38H,10-14,19-21H2,1H3,(H,44,51)(H,47,48)/t28-/m0/s1. The minimum absolute atomic E-state index is 0.0389. The van der Waals surface area contributed by atoms with Crippen molar-refractivity contribution < 1.29 is 27.4 Å². The van der Waals surface area contributed by atoms with E-state index in [-0.39, 0.29) is 29.4 Å². The number of carbonyl (C=O) groups excluding carboxylic acids is 1. The van der Waals surface area contributed by atoms with E-state index >= 15 is 0 Å². The molecule has 53 heavy (non-hydrogen) atoms. The van der Waals surface area contributed by atoms with Gasteiger partial charge in [-0.15, -0.1) is 0 Å². The van der Waals surface area contributed by atoms with E-state index in [9.17, 15) is 18.0 Å². The normalized spacial score (nSPS) is 16.3. The van der Waals surface area contributed by atoms with Gasteiger partial charge < -0.3 is 19.4 Å². The third-order valence-corrected chi connectivity index (χ3v) is 9.99. The second-order valence-electron chi connectivity index (χ2n) is 13.3. The molecule has 2 N–H and O–H groups in total. The summed E-state index contributed by atoms with van der Waals surface area (Å²) in [5, 5.41) is 10.4. The molecule has 272 valence electrons. The van der Waals surface area contributed by atoms with Crippen molar-refractivity contribution in [3.63, 3.8) is 0 Å². The zero-order valence-electron chi connectivity index (χ0n) is 28.7. The summed E-state index contributed by atoms with van der Waals surface area (Å²) in [6.07, 6.45) is 1.22. The van der Waals surface area contributed by atoms with Crippen molar-refractivity contribution in [1.29, 1.82) is 0 Å². The number of alkyl halides is 2. The van der Waals surface area contributed by atoms with Gasteiger partial charge in [-0.2, -0.15) is 5.10 Å². The van der Waals surface area contributed by atoms with Gasteiger partial charge in [-0.1, -0.05) is 29.8 Å². The zero-order valence-corrected chi connectivity index (χ0v) is 29.5. The summed E-state index contributed by atoms with van der Waals surface area (Å²) in [4.78, 5) is 25.3. The number of pyridine rings is 1. The molecule has 1 amide bonds. The highest BCUT2D eigenvalue weighted by atomic mass is 35.5. The highest BCUT2D eigenvalue weighted by molar-refractivity contribution is 6.30. The number of hydrogen-bond donors (Lipinski definition) is 2. The van der Waals surface area contributed by atoms with Crippen LogP contribution in [0.4, 0.5) is 18.9 Å². The highest BCUT2D eigenvalue weighted by Crippen LogP contribution is 2.31. The summed E-state index contributed by atoms with van der Waals surface area (Å²) in [6.45, 7) is 5.19. The van der Waals surface area contributed by atoms with Gasteiger partial charge in [0.05, 0.1) is 47.1 Å². The molecule has 0 spiro atoms. The maximum absolute atomic E-state index is 14.2. The Morgan fingerprint density at radius 1 is 1.13 bits per heavy atom. The maximum Gasteiger partial charge on any atom is 0.265 e. The monoisotopic (exact) mass is 741 g/mol. The Hall–Kier alpha value is -5.24. The predicted molar refractivity (Wildman–Crippen MR) is 196 cm³/mol. The molecule has 1 saturated heterocycles. The van der Waals surface area contributed by atoms with E-state index in [0.717, 1.165) is 48.6 Å². The second-order valence-corrected chi connectivity index (χ2v) is 13.7. The maximum atomic E-state index is 14.2. The molecular weight excluding hydrogens is 707 g/mol. The lowest BCUT2D eigenvalue weighted by Gasteiger charge is -2.29. The van der Waals surface area contributed by atoms with Crippen molar-refractivity contribution in [3.05, 3.63) is 118 Å². The highest BCUT2D eigenvalue weighted by Gasteiger charge is 2.25. The van der Waals surface area contributed by atoms with Gasteiger partial charge in [0.15, 0.2) is 0 Å². The van der Waals surface area contributed by atoms with Gasteiger partial charge in [-0.3, -0.25) is 14.8 Å². The molecule has 1 fully saturated rings. The van der Waals surface area contributed by atoms with Gasteiger partial charge >= 0.3 is 0 Å². The number of ether oxygens (including phenoxy) is 2. The molecule has 1 atom stereocenters. The van der Waals surface area contributed by atoms with Crippen LogP contribution in [-0.4, -0.2) is 61.3 Å². The molecule has 0 unspecified atom stereocenters. The smallest absolute Gasteiger partial charge is 0.265 e. The average Bonchev–Trinajstić information content (AvgIpc) is 3.67. The zero-order chi connectivity index (χ0) is 36.6. The molecule has 3 aromatic heterocycles. The molecule has 5 heterocycles. The van der Waals surface area contributed by atoms with Crippen LogP contribution in [0.5, 0.6) is 5.88 Å². The van der Waals surface area contributed by atoms with Gasteiger partial charge in [-0.05, 0) is 73.9 Å². The molecule has 2 aliphatic heterocycles. The van der Waals surface area contributed by atoms with E-state index in [0.29, 0.717) is 58.4 Å². The van der Waals surface area contributed by atoms with Crippen molar-refractivity contribution in [2.45, 2.75) is 52.0 Å². The SMILES string of the molecule is Cc1n[nH]c2c(C(F)F)cc(C(=O)Nc3ccc4c(c3)nc(CN3CC=C(c5cccc(OCc6ccc(Cl)cc6F)n5)CC3)n4C[C@@H]3CCO3)cc12. The molecule has 10 nitrogen and oxygen atoms in total. The third kappa shape index (κ3) is 7.37. The number of H-pyrrole nitrogens is 1. The number of nitrogens with one attached hydrogen (secondary N) is 2. The topological polar surface area (TPSA) is 110 Å². The van der Waals surface area contributed by atoms with Gasteiger partial charge in [0.2, 0.25) is 5.88 Å². The summed E-state index contributed by atoms with van der Waals surface area (Å²) in [6, 6.07) is 18.4. The van der Waals surface area contributed by atoms with Crippen molar-refractivity contribution in [3.8, 4) is 5.88 Å². The Labute approximate surface area is 307 Å². The van der Waals surface area contributed by atoms with Gasteiger partial charge in [-0.25, -0.2) is 23.1 Å². The number of carbonyl (C=O) groups is 1. The number of hydrogen-bond acceptors (Lipinski definition) is 7. The summed E-state index contributed by atoms with van der Waals surface area (Å²) in [5.74, 6) is 0.359. The number of nitrogens with zero attached hydrogens (tertiary/aromatic N) is 5. The number of fused-ring (bicyclic) bond motifs is 2. The first-order valence-electron chi connectivity index (χ1n) is 17.3. The van der Waals surface area contributed by atoms with Crippen LogP contribution in [-0.2, 0) is 24.4 Å². The molecule has 14 heteroatoms. The van der Waals surface area contributed by atoms with Crippen LogP contribution in [0.2, 0.25) is 5.02 Å². The van der Waals surface area contributed by atoms with Crippen LogP contribution in [0.15, 0.2) is 72.8 Å². The Morgan fingerprint density at radius 3 is 2.75 bits per heavy atom. The third-order valence-electron chi connectivity index (χ3n) is 9.76. The molecule has 3 aromatic carbocycles. The number of halogens is 4. The fourth-order valence-corrected chi connectivity index (χ4v) is 6.91. The minimum Gasteiger partial charge on any atom is -0.473 e. The van der Waals surface area contributed by atoms with E-state index in [4.69, 9.17) is 26.1 Å². The van der Waals surface area contributed by atoms with Crippen LogP contribution >= 0.6 is 11.6 Å². The Morgan fingerprint density at radius 2 is 2.00 bits per heavy atom. The number of aromatic nitrogens is 5. The number of aromatic amines is 1. The fraction of sp³-hybridized carbons (Fsp3) is 0.282. The Balaban J connectivity index is 0.975. The molecule has 8 rings (SSSR count). The van der Waals surface area contributed by atoms with E-state index in [1.807, 2.05) is 18.2 Å². The number of imidazole rings is 1. The van der Waals surface area contributed by atoms with Crippen LogP contribution in [0, 0.1) is 12.7 Å². The van der Waals surface area contributed by atoms with Crippen molar-refractivity contribution in [1.82, 2.24) is 29.6 Å². The number of amides is 1. The fourth-order valence-electron chi connectivity index (χ4n) is 6.75. The number of aryl methyl sites for hydroxylation is 1. The molecule has 0 bridgehead atoms. The van der Waals surface area contributed by atoms with Crippen LogP contribution in [0.1, 0.15) is 58.0 Å². The largest absolute Gasteiger partial charge is 0.473 e. The lowest BCUT2D eigenvalue weighted by Crippen LogP contribution is -2.33. The van der Waals surface area contributed by atoms with E-state index in [1.54, 1.807) is 43.3 Å². The lowest BCUT2D eigenvalue weighted by atomic mass is 10.0. The van der Waals surface area contributed by atoms with Gasteiger partial charge in [0.1, 0.15) is 18.2 Å². The predicted octanol–water partition coefficient (Wildman–Crippen LogP) is 8.26. The number of benzene rings is 3. The van der Waals surface area contributed by atoms with E-state index in [1.165, 1.54) is 12.1 Å². The second kappa shape index (κ2) is 14.6. The van der Waals surface area contributed by atoms with Crippen molar-refractivity contribution >= 4 is 50.7 Å². The molecule has 0 saturated carbocycles. The summed E-state index contributed by atoms with van der Waals surface area (Å²) in [5.41, 5.74) is 5.04. The lowest BCUT2D eigenvalue weighted by molar-refractivity contribution is -0.0591. The van der Waals surface area contributed by atoms with E-state index in [2.05, 4.69) is 36.0 Å². The number of anilines is 1. The Kier molecular flexibility index (Phi) is 9.62. The molecule has 2 aliphatic rings. The van der Waals surface area contributed by atoms with E-state index < -0.39 is 18.1 Å². The first-order valence-corrected chi connectivity index (χ1v) is 17.7. The summed E-state index contributed by atoms with van der Waals surface area (Å²) < 4.78 is 55.7. The summed E-state index contributed by atoms with van der Waals surface area (Å²) >= 11 is 5.87. The molecular formula is C39H35ClF3N7O3. The van der Waals surface area contributed by atoms with Crippen molar-refractivity contribution in [2.75, 3.05) is 25.0 Å². The molecule has 0 aliphatic carbocycles. The molecule has 0 radical (unpaired) electrons. The minimum atomic E-state index is -2.77. The van der Waals surface area contributed by atoms with Crippen LogP contribution < -0.4 is 10.1 Å². The quantitative estimate of drug-likeness (QED) is 0.138. The Bertz CT molecular complexity index is 2370. The average molecular weight is 742 g/mol. The van der Waals surface area contributed by atoms with Gasteiger partial charge in [0, 0.05) is 58.5 Å². The van der Waals surface area contributed by atoms with Gasteiger partial charge in [0.25, 0.3) is 12.3 Å². The first-order chi connectivity index (χ1) is 25.7. The molecule has 6 aromatic rings. The van der Waals surface area contributed by atoms with Crippen LogP contribution in [0.25, 0.3) is 27.5 Å².